The van der Waals surface area contributed by atoms with Crippen molar-refractivity contribution in [2.24, 2.45) is 7.05 Å². The first kappa shape index (κ1) is 15.2. The van der Waals surface area contributed by atoms with Gasteiger partial charge in [0.15, 0.2) is 0 Å². The summed E-state index contributed by atoms with van der Waals surface area (Å²) in [5, 5.41) is 9.10. The second-order valence-corrected chi connectivity index (χ2v) is 6.97. The van der Waals surface area contributed by atoms with Crippen molar-refractivity contribution < 1.29 is 13.5 Å². The van der Waals surface area contributed by atoms with Gasteiger partial charge in [-0.15, -0.1) is 0 Å². The zero-order valence-corrected chi connectivity index (χ0v) is 13.3. The fourth-order valence-electron chi connectivity index (χ4n) is 1.78. The quantitative estimate of drug-likeness (QED) is 0.855. The van der Waals surface area contributed by atoms with E-state index >= 15 is 0 Å². The van der Waals surface area contributed by atoms with Crippen LogP contribution in [0.15, 0.2) is 45.9 Å². The van der Waals surface area contributed by atoms with E-state index in [9.17, 15) is 8.42 Å². The molecule has 0 fully saturated rings. The van der Waals surface area contributed by atoms with Gasteiger partial charge in [0.2, 0.25) is 10.0 Å². The second-order valence-electron chi connectivity index (χ2n) is 4.35. The number of aliphatic hydroxyl groups excluding tert-OH is 1. The Morgan fingerprint density at radius 3 is 2.65 bits per heavy atom. The standard InChI is InChI=1S/C13H15BrN2O3S/c1-16-8-12(6-11(16)9-17)20(18,19)15-7-10-4-2-3-5-13(10)14/h2-6,8,15,17H,7,9H2,1H3. The molecule has 1 heterocycles. The summed E-state index contributed by atoms with van der Waals surface area (Å²) in [4.78, 5) is 0.149. The molecular weight excluding hydrogens is 344 g/mol. The Labute approximate surface area is 126 Å². The smallest absolute Gasteiger partial charge is 0.242 e. The topological polar surface area (TPSA) is 71.3 Å². The molecule has 2 rings (SSSR count). The summed E-state index contributed by atoms with van der Waals surface area (Å²) in [6.07, 6.45) is 1.48. The van der Waals surface area contributed by atoms with Gasteiger partial charge < -0.3 is 9.67 Å². The molecule has 0 unspecified atom stereocenters. The summed E-state index contributed by atoms with van der Waals surface area (Å²) in [6, 6.07) is 8.88. The maximum absolute atomic E-state index is 12.2. The molecule has 0 saturated heterocycles. The fourth-order valence-corrected chi connectivity index (χ4v) is 3.30. The molecule has 0 bridgehead atoms. The highest BCUT2D eigenvalue weighted by atomic mass is 79.9. The molecule has 7 heteroatoms. The summed E-state index contributed by atoms with van der Waals surface area (Å²) in [5.74, 6) is 0. The van der Waals surface area contributed by atoms with E-state index in [0.717, 1.165) is 10.0 Å². The van der Waals surface area contributed by atoms with Crippen LogP contribution in [0.2, 0.25) is 0 Å². The normalized spacial score (nSPS) is 11.8. The van der Waals surface area contributed by atoms with Crippen molar-refractivity contribution in [2.75, 3.05) is 0 Å². The Morgan fingerprint density at radius 1 is 1.35 bits per heavy atom. The largest absolute Gasteiger partial charge is 0.390 e. The lowest BCUT2D eigenvalue weighted by Gasteiger charge is -2.06. The van der Waals surface area contributed by atoms with Crippen LogP contribution in [0.3, 0.4) is 0 Å². The molecule has 20 heavy (non-hydrogen) atoms. The summed E-state index contributed by atoms with van der Waals surface area (Å²) in [7, 11) is -1.90. The molecule has 0 aliphatic carbocycles. The Balaban J connectivity index is 2.17. The molecule has 108 valence electrons. The second kappa shape index (κ2) is 6.09. The summed E-state index contributed by atoms with van der Waals surface area (Å²) in [5.41, 5.74) is 1.40. The Kier molecular flexibility index (Phi) is 4.64. The lowest BCUT2D eigenvalue weighted by atomic mass is 10.2. The third kappa shape index (κ3) is 3.29. The minimum Gasteiger partial charge on any atom is -0.390 e. The van der Waals surface area contributed by atoms with Crippen molar-refractivity contribution in [3.8, 4) is 0 Å². The number of hydrogen-bond acceptors (Lipinski definition) is 3. The van der Waals surface area contributed by atoms with Crippen LogP contribution in [-0.2, 0) is 30.2 Å². The van der Waals surface area contributed by atoms with Gasteiger partial charge >= 0.3 is 0 Å². The van der Waals surface area contributed by atoms with Crippen molar-refractivity contribution in [3.05, 3.63) is 52.3 Å². The Bertz CT molecular complexity index is 710. The average Bonchev–Trinajstić information content (AvgIpc) is 2.80. The number of aryl methyl sites for hydroxylation is 1. The van der Waals surface area contributed by atoms with Gasteiger partial charge in [-0.05, 0) is 17.7 Å². The van der Waals surface area contributed by atoms with Crippen LogP contribution in [0.25, 0.3) is 0 Å². The summed E-state index contributed by atoms with van der Waals surface area (Å²) >= 11 is 3.38. The molecule has 2 aromatic rings. The fraction of sp³-hybridized carbons (Fsp3) is 0.231. The molecule has 0 amide bonds. The van der Waals surface area contributed by atoms with Gasteiger partial charge in [-0.2, -0.15) is 0 Å². The number of hydrogen-bond donors (Lipinski definition) is 2. The highest BCUT2D eigenvalue weighted by molar-refractivity contribution is 9.10. The van der Waals surface area contributed by atoms with Crippen molar-refractivity contribution in [1.82, 2.24) is 9.29 Å². The number of nitrogens with one attached hydrogen (secondary N) is 1. The first-order valence-electron chi connectivity index (χ1n) is 5.93. The molecule has 0 saturated carbocycles. The number of nitrogens with zero attached hydrogens (tertiary/aromatic N) is 1. The van der Waals surface area contributed by atoms with Crippen LogP contribution in [0.1, 0.15) is 11.3 Å². The van der Waals surface area contributed by atoms with Gasteiger partial charge in [0.05, 0.1) is 11.5 Å². The maximum atomic E-state index is 12.2. The molecule has 2 N–H and O–H groups in total. The monoisotopic (exact) mass is 358 g/mol. The highest BCUT2D eigenvalue weighted by Crippen LogP contribution is 2.17. The zero-order chi connectivity index (χ0) is 14.8. The summed E-state index contributed by atoms with van der Waals surface area (Å²) < 4.78 is 29.3. The van der Waals surface area contributed by atoms with Gasteiger partial charge in [-0.3, -0.25) is 0 Å². The van der Waals surface area contributed by atoms with Crippen LogP contribution in [-0.4, -0.2) is 18.1 Å². The molecular formula is C13H15BrN2O3S. The first-order chi connectivity index (χ1) is 9.44. The van der Waals surface area contributed by atoms with Crippen molar-refractivity contribution >= 4 is 26.0 Å². The number of aromatic nitrogens is 1. The third-order valence-electron chi connectivity index (χ3n) is 2.97. The first-order valence-corrected chi connectivity index (χ1v) is 8.21. The van der Waals surface area contributed by atoms with Gasteiger partial charge in [-0.25, -0.2) is 13.1 Å². The third-order valence-corrected chi connectivity index (χ3v) is 5.11. The van der Waals surface area contributed by atoms with E-state index in [0.29, 0.717) is 5.69 Å². The predicted molar refractivity (Wildman–Crippen MR) is 79.5 cm³/mol. The van der Waals surface area contributed by atoms with Gasteiger partial charge in [0.1, 0.15) is 0 Å². The average molecular weight is 359 g/mol. The molecule has 0 atom stereocenters. The maximum Gasteiger partial charge on any atom is 0.242 e. The van der Waals surface area contributed by atoms with E-state index in [1.807, 2.05) is 24.3 Å². The summed E-state index contributed by atoms with van der Waals surface area (Å²) in [6.45, 7) is 0.00334. The van der Waals surface area contributed by atoms with Gasteiger partial charge in [-0.1, -0.05) is 34.1 Å². The van der Waals surface area contributed by atoms with Gasteiger partial charge in [0, 0.05) is 30.0 Å². The van der Waals surface area contributed by atoms with E-state index in [4.69, 9.17) is 5.11 Å². The minimum absolute atomic E-state index is 0.149. The molecule has 5 nitrogen and oxygen atoms in total. The van der Waals surface area contributed by atoms with Crippen molar-refractivity contribution in [3.63, 3.8) is 0 Å². The van der Waals surface area contributed by atoms with Crippen LogP contribution >= 0.6 is 15.9 Å². The van der Waals surface area contributed by atoms with Crippen LogP contribution in [0.4, 0.5) is 0 Å². The van der Waals surface area contributed by atoms with E-state index < -0.39 is 10.0 Å². The lowest BCUT2D eigenvalue weighted by molar-refractivity contribution is 0.272. The molecule has 0 aliphatic rings. The molecule has 1 aromatic carbocycles. The Morgan fingerprint density at radius 2 is 2.05 bits per heavy atom. The minimum atomic E-state index is -3.59. The number of benzene rings is 1. The van der Waals surface area contributed by atoms with Crippen LogP contribution in [0.5, 0.6) is 0 Å². The molecule has 0 aliphatic heterocycles. The molecule has 1 aromatic heterocycles. The predicted octanol–water partition coefficient (Wildman–Crippen LogP) is 1.76. The van der Waals surface area contributed by atoms with E-state index in [2.05, 4.69) is 20.7 Å². The van der Waals surface area contributed by atoms with Crippen LogP contribution < -0.4 is 4.72 Å². The number of halogens is 1. The Hall–Kier alpha value is -1.15. The zero-order valence-electron chi connectivity index (χ0n) is 10.9. The number of sulfonamides is 1. The molecule has 0 spiro atoms. The molecule has 0 radical (unpaired) electrons. The highest BCUT2D eigenvalue weighted by Gasteiger charge is 2.17. The van der Waals surface area contributed by atoms with Crippen molar-refractivity contribution in [2.45, 2.75) is 18.0 Å². The lowest BCUT2D eigenvalue weighted by Crippen LogP contribution is -2.23. The SMILES string of the molecule is Cn1cc(S(=O)(=O)NCc2ccccc2Br)cc1CO. The van der Waals surface area contributed by atoms with E-state index in [1.54, 1.807) is 11.6 Å². The van der Waals surface area contributed by atoms with E-state index in [-0.39, 0.29) is 18.0 Å². The van der Waals surface area contributed by atoms with E-state index in [1.165, 1.54) is 12.3 Å². The number of aliphatic hydroxyl groups is 1. The van der Waals surface area contributed by atoms with Crippen molar-refractivity contribution in [1.29, 1.82) is 0 Å². The van der Waals surface area contributed by atoms with Crippen LogP contribution in [0, 0.1) is 0 Å². The van der Waals surface area contributed by atoms with Gasteiger partial charge in [0.25, 0.3) is 0 Å². The number of rotatable bonds is 5.